The molecular formula is C15H10ClKN4O4S. The van der Waals surface area contributed by atoms with Gasteiger partial charge in [-0.1, -0.05) is 16.8 Å². The summed E-state index contributed by atoms with van der Waals surface area (Å²) in [5.74, 6) is 0.703. The minimum Gasteiger partial charge on any atom is -0.714 e. The summed E-state index contributed by atoms with van der Waals surface area (Å²) in [7, 11) is -4.91. The Kier molecular flexibility index (Phi) is 5.85. The predicted molar refractivity (Wildman–Crippen MR) is 89.9 cm³/mol. The van der Waals surface area contributed by atoms with Crippen molar-refractivity contribution in [2.75, 3.05) is 0 Å². The van der Waals surface area contributed by atoms with Crippen LogP contribution in [0.3, 0.4) is 0 Å². The van der Waals surface area contributed by atoms with Crippen LogP contribution in [-0.2, 0) is 21.2 Å². The molecule has 0 amide bonds. The number of rotatable bonds is 3. The molecule has 128 valence electrons. The molecule has 3 aromatic rings. The van der Waals surface area contributed by atoms with Crippen LogP contribution in [-0.4, -0.2) is 33.2 Å². The molecular weight excluding hydrogens is 407 g/mol. The quantitative estimate of drug-likeness (QED) is 0.243. The molecule has 0 bridgehead atoms. The molecule has 0 atom stereocenters. The van der Waals surface area contributed by atoms with Gasteiger partial charge < -0.3 is 9.12 Å². The number of aromatic nitrogens is 3. The van der Waals surface area contributed by atoms with Gasteiger partial charge in [0.05, 0.1) is 16.3 Å². The first-order valence-corrected chi connectivity index (χ1v) is 8.96. The van der Waals surface area contributed by atoms with Gasteiger partial charge in [-0.2, -0.15) is 8.42 Å². The summed E-state index contributed by atoms with van der Waals surface area (Å²) in [5.41, 5.74) is 3.08. The number of pyridine rings is 1. The standard InChI is InChI=1S/C15H11ClN4O4S.K/c16-11-4-3-10-12(19-24-25(21,22)23)5-7-20-14(10)13(11)18-15(20)9-2-1-6-17-8-9;/h1-4,6,8H,5,7H2,(H,21,22,23);/q;+1/p-1/b19-12-;. The van der Waals surface area contributed by atoms with Gasteiger partial charge in [0.1, 0.15) is 11.3 Å². The van der Waals surface area contributed by atoms with Gasteiger partial charge in [0.2, 0.25) is 0 Å². The Morgan fingerprint density at radius 2 is 2.12 bits per heavy atom. The third kappa shape index (κ3) is 3.73. The van der Waals surface area contributed by atoms with Gasteiger partial charge in [-0.15, -0.1) is 0 Å². The summed E-state index contributed by atoms with van der Waals surface area (Å²) in [6.45, 7) is 0.481. The normalized spacial score (nSPS) is 15.1. The van der Waals surface area contributed by atoms with Gasteiger partial charge in [-0.25, -0.2) is 4.98 Å². The molecule has 0 aliphatic carbocycles. The van der Waals surface area contributed by atoms with E-state index in [1.165, 1.54) is 0 Å². The summed E-state index contributed by atoms with van der Waals surface area (Å²) in [6, 6.07) is 7.06. The van der Waals surface area contributed by atoms with E-state index in [-0.39, 0.29) is 51.4 Å². The van der Waals surface area contributed by atoms with Crippen molar-refractivity contribution in [1.82, 2.24) is 14.5 Å². The third-order valence-corrected chi connectivity index (χ3v) is 4.45. The largest absolute Gasteiger partial charge is 1.00 e. The molecule has 11 heteroatoms. The molecule has 1 aliphatic rings. The van der Waals surface area contributed by atoms with Crippen LogP contribution in [0.2, 0.25) is 5.02 Å². The van der Waals surface area contributed by atoms with Crippen molar-refractivity contribution in [1.29, 1.82) is 0 Å². The average Bonchev–Trinajstić information content (AvgIpc) is 2.98. The fourth-order valence-electron chi connectivity index (χ4n) is 2.91. The van der Waals surface area contributed by atoms with E-state index in [1.54, 1.807) is 24.5 Å². The average molecular weight is 417 g/mol. The summed E-state index contributed by atoms with van der Waals surface area (Å²) in [6.07, 6.45) is 3.75. The van der Waals surface area contributed by atoms with E-state index in [9.17, 15) is 13.0 Å². The van der Waals surface area contributed by atoms with Gasteiger partial charge in [-0.05, 0) is 24.3 Å². The Morgan fingerprint density at radius 1 is 1.31 bits per heavy atom. The van der Waals surface area contributed by atoms with E-state index in [4.69, 9.17) is 11.6 Å². The molecule has 0 N–H and O–H groups in total. The van der Waals surface area contributed by atoms with E-state index in [1.807, 2.05) is 16.7 Å². The zero-order chi connectivity index (χ0) is 17.6. The van der Waals surface area contributed by atoms with Gasteiger partial charge in [0.25, 0.3) is 10.4 Å². The SMILES string of the molecule is O=S(=O)([O-])O/N=C1/CCn2c(-c3cccnc3)nc3c(Cl)ccc1c32.[K+]. The van der Waals surface area contributed by atoms with Crippen LogP contribution >= 0.6 is 11.6 Å². The minimum absolute atomic E-state index is 0. The minimum atomic E-state index is -4.91. The number of halogens is 1. The Labute approximate surface area is 196 Å². The van der Waals surface area contributed by atoms with Crippen LogP contribution in [0, 0.1) is 0 Å². The van der Waals surface area contributed by atoms with Crippen LogP contribution in [0.25, 0.3) is 22.4 Å². The van der Waals surface area contributed by atoms with Gasteiger partial charge in [0.15, 0.2) is 0 Å². The van der Waals surface area contributed by atoms with Crippen molar-refractivity contribution in [3.05, 3.63) is 47.2 Å². The van der Waals surface area contributed by atoms with E-state index in [0.717, 1.165) is 5.56 Å². The summed E-state index contributed by atoms with van der Waals surface area (Å²) >= 11 is 6.27. The first-order valence-electron chi connectivity index (χ1n) is 7.25. The third-order valence-electron chi connectivity index (χ3n) is 3.89. The smallest absolute Gasteiger partial charge is 0.714 e. The van der Waals surface area contributed by atoms with Gasteiger partial charge in [0, 0.05) is 36.5 Å². The zero-order valence-corrected chi connectivity index (χ0v) is 18.3. The van der Waals surface area contributed by atoms with Crippen LogP contribution in [0.1, 0.15) is 12.0 Å². The summed E-state index contributed by atoms with van der Waals surface area (Å²) < 4.78 is 38.1. The molecule has 8 nitrogen and oxygen atoms in total. The molecule has 2 aromatic heterocycles. The number of oxime groups is 1. The van der Waals surface area contributed by atoms with Crippen molar-refractivity contribution in [2.45, 2.75) is 13.0 Å². The van der Waals surface area contributed by atoms with Crippen LogP contribution in [0.5, 0.6) is 0 Å². The maximum atomic E-state index is 10.7. The van der Waals surface area contributed by atoms with Crippen molar-refractivity contribution in [2.24, 2.45) is 5.16 Å². The number of benzene rings is 1. The Morgan fingerprint density at radius 3 is 2.81 bits per heavy atom. The molecule has 0 spiro atoms. The number of hydrogen-bond acceptors (Lipinski definition) is 7. The summed E-state index contributed by atoms with van der Waals surface area (Å²) in [5, 5.41) is 3.97. The predicted octanol–water partition coefficient (Wildman–Crippen LogP) is -0.660. The van der Waals surface area contributed by atoms with Crippen molar-refractivity contribution < 1.29 is 68.6 Å². The topological polar surface area (TPSA) is 110 Å². The van der Waals surface area contributed by atoms with E-state index in [0.29, 0.717) is 46.1 Å². The molecule has 0 radical (unpaired) electrons. The molecule has 3 heterocycles. The number of imidazole rings is 1. The van der Waals surface area contributed by atoms with Gasteiger partial charge in [-0.3, -0.25) is 9.27 Å². The Hall–Kier alpha value is -0.854. The maximum Gasteiger partial charge on any atom is 1.00 e. The first-order chi connectivity index (χ1) is 11.9. The first kappa shape index (κ1) is 19.9. The Balaban J connectivity index is 0.00000196. The molecule has 0 saturated heterocycles. The molecule has 1 aliphatic heterocycles. The second kappa shape index (κ2) is 7.64. The maximum absolute atomic E-state index is 10.7. The monoisotopic (exact) mass is 416 g/mol. The van der Waals surface area contributed by atoms with E-state index in [2.05, 4.69) is 19.4 Å². The molecule has 26 heavy (non-hydrogen) atoms. The molecule has 0 unspecified atom stereocenters. The Bertz CT molecular complexity index is 1120. The fourth-order valence-corrected chi connectivity index (χ4v) is 3.29. The van der Waals surface area contributed by atoms with E-state index >= 15 is 0 Å². The second-order valence-electron chi connectivity index (χ2n) is 5.39. The molecule has 0 saturated carbocycles. The number of aryl methyl sites for hydroxylation is 1. The zero-order valence-electron chi connectivity index (χ0n) is 13.6. The van der Waals surface area contributed by atoms with Crippen molar-refractivity contribution in [3.63, 3.8) is 0 Å². The van der Waals surface area contributed by atoms with Gasteiger partial charge >= 0.3 is 51.4 Å². The van der Waals surface area contributed by atoms with Crippen LogP contribution in [0.15, 0.2) is 41.8 Å². The molecule has 1 aromatic carbocycles. The van der Waals surface area contributed by atoms with Crippen molar-refractivity contribution in [3.8, 4) is 11.4 Å². The summed E-state index contributed by atoms with van der Waals surface area (Å²) in [4.78, 5) is 8.72. The molecule has 0 fully saturated rings. The fraction of sp³-hybridized carbons (Fsp3) is 0.133. The van der Waals surface area contributed by atoms with Crippen LogP contribution < -0.4 is 51.4 Å². The van der Waals surface area contributed by atoms with Crippen LogP contribution in [0.4, 0.5) is 0 Å². The van der Waals surface area contributed by atoms with Crippen molar-refractivity contribution >= 4 is 38.7 Å². The molecule has 4 rings (SSSR count). The number of nitrogens with zero attached hydrogens (tertiary/aromatic N) is 4. The number of hydrogen-bond donors (Lipinski definition) is 0. The van der Waals surface area contributed by atoms with E-state index < -0.39 is 10.4 Å². The second-order valence-corrected chi connectivity index (χ2v) is 6.76.